The minimum Gasteiger partial charge on any atom is -0.493 e. The summed E-state index contributed by atoms with van der Waals surface area (Å²) in [4.78, 5) is 17.1. The number of amides is 2. The standard InChI is InChI=1S/C22H30N4O3/c1-28-20-11-6-10-19(21(20)29-2)24-22(27)23-12-7-13-25-14-16-26(17-15-25)18-8-4-3-5-9-18/h3-6,8-11H,7,12-17H2,1-2H3,(H2,23,24,27). The predicted octanol–water partition coefficient (Wildman–Crippen LogP) is 3.04. The van der Waals surface area contributed by atoms with E-state index >= 15 is 0 Å². The molecule has 156 valence electrons. The summed E-state index contributed by atoms with van der Waals surface area (Å²) in [5.74, 6) is 1.10. The fourth-order valence-corrected chi connectivity index (χ4v) is 3.53. The van der Waals surface area contributed by atoms with Gasteiger partial charge in [0.2, 0.25) is 0 Å². The highest BCUT2D eigenvalue weighted by Crippen LogP contribution is 2.34. The van der Waals surface area contributed by atoms with Gasteiger partial charge in [-0.15, -0.1) is 0 Å². The number of para-hydroxylation sites is 2. The number of ether oxygens (including phenoxy) is 2. The number of hydrogen-bond acceptors (Lipinski definition) is 5. The van der Waals surface area contributed by atoms with E-state index in [9.17, 15) is 4.79 Å². The van der Waals surface area contributed by atoms with E-state index in [2.05, 4.69) is 44.7 Å². The third-order valence-electron chi connectivity index (χ3n) is 5.08. The highest BCUT2D eigenvalue weighted by Gasteiger charge is 2.17. The van der Waals surface area contributed by atoms with Crippen molar-refractivity contribution in [2.24, 2.45) is 0 Å². The number of carbonyl (C=O) groups excluding carboxylic acids is 1. The molecule has 2 aromatic rings. The lowest BCUT2D eigenvalue weighted by atomic mass is 10.2. The summed E-state index contributed by atoms with van der Waals surface area (Å²) in [6.07, 6.45) is 0.911. The Balaban J connectivity index is 1.35. The number of methoxy groups -OCH3 is 2. The zero-order valence-electron chi connectivity index (χ0n) is 17.2. The lowest BCUT2D eigenvalue weighted by Gasteiger charge is -2.36. The highest BCUT2D eigenvalue weighted by molar-refractivity contribution is 5.91. The second-order valence-electron chi connectivity index (χ2n) is 6.94. The summed E-state index contributed by atoms with van der Waals surface area (Å²) in [7, 11) is 3.12. The number of anilines is 2. The Bertz CT molecular complexity index is 777. The first-order chi connectivity index (χ1) is 14.2. The molecule has 0 unspecified atom stereocenters. The molecule has 2 N–H and O–H groups in total. The van der Waals surface area contributed by atoms with Crippen molar-refractivity contribution < 1.29 is 14.3 Å². The fraction of sp³-hybridized carbons (Fsp3) is 0.409. The molecule has 1 aliphatic heterocycles. The van der Waals surface area contributed by atoms with Crippen LogP contribution in [-0.4, -0.2) is 64.4 Å². The maximum atomic E-state index is 12.2. The first-order valence-corrected chi connectivity index (χ1v) is 9.99. The van der Waals surface area contributed by atoms with Gasteiger partial charge < -0.3 is 25.0 Å². The molecule has 1 fully saturated rings. The molecule has 3 rings (SSSR count). The Morgan fingerprint density at radius 3 is 2.41 bits per heavy atom. The van der Waals surface area contributed by atoms with Gasteiger partial charge in [-0.1, -0.05) is 24.3 Å². The Morgan fingerprint density at radius 1 is 0.966 bits per heavy atom. The van der Waals surface area contributed by atoms with Crippen LogP contribution in [-0.2, 0) is 0 Å². The normalized spacial score (nSPS) is 14.3. The average molecular weight is 399 g/mol. The van der Waals surface area contributed by atoms with Gasteiger partial charge in [0.05, 0.1) is 19.9 Å². The van der Waals surface area contributed by atoms with Crippen LogP contribution < -0.4 is 25.0 Å². The molecule has 7 heteroatoms. The van der Waals surface area contributed by atoms with Gasteiger partial charge in [-0.05, 0) is 37.2 Å². The Labute approximate surface area is 172 Å². The van der Waals surface area contributed by atoms with Crippen molar-refractivity contribution in [3.63, 3.8) is 0 Å². The highest BCUT2D eigenvalue weighted by atomic mass is 16.5. The van der Waals surface area contributed by atoms with Crippen LogP contribution in [0.1, 0.15) is 6.42 Å². The van der Waals surface area contributed by atoms with E-state index in [0.29, 0.717) is 23.7 Å². The Hall–Kier alpha value is -2.93. The summed E-state index contributed by atoms with van der Waals surface area (Å²) in [6, 6.07) is 15.7. The molecular formula is C22H30N4O3. The van der Waals surface area contributed by atoms with Gasteiger partial charge in [-0.2, -0.15) is 0 Å². The lowest BCUT2D eigenvalue weighted by molar-refractivity contribution is 0.244. The van der Waals surface area contributed by atoms with Crippen molar-refractivity contribution >= 4 is 17.4 Å². The number of nitrogens with one attached hydrogen (secondary N) is 2. The van der Waals surface area contributed by atoms with Gasteiger partial charge in [0.15, 0.2) is 11.5 Å². The van der Waals surface area contributed by atoms with Gasteiger partial charge in [0.25, 0.3) is 0 Å². The third-order valence-corrected chi connectivity index (χ3v) is 5.08. The number of nitrogens with zero attached hydrogens (tertiary/aromatic N) is 2. The molecule has 0 bridgehead atoms. The molecular weight excluding hydrogens is 368 g/mol. The van der Waals surface area contributed by atoms with Crippen molar-refractivity contribution in [2.45, 2.75) is 6.42 Å². The minimum absolute atomic E-state index is 0.245. The van der Waals surface area contributed by atoms with E-state index in [0.717, 1.165) is 39.1 Å². The number of carbonyl (C=O) groups is 1. The first kappa shape index (κ1) is 20.8. The summed E-state index contributed by atoms with van der Waals surface area (Å²) < 4.78 is 10.6. The maximum Gasteiger partial charge on any atom is 0.319 e. The molecule has 0 saturated carbocycles. The van der Waals surface area contributed by atoms with Crippen LogP contribution in [0.2, 0.25) is 0 Å². The monoisotopic (exact) mass is 398 g/mol. The van der Waals surface area contributed by atoms with Gasteiger partial charge in [-0.25, -0.2) is 4.79 Å². The first-order valence-electron chi connectivity index (χ1n) is 9.99. The van der Waals surface area contributed by atoms with Gasteiger partial charge in [-0.3, -0.25) is 4.90 Å². The maximum absolute atomic E-state index is 12.2. The molecule has 0 spiro atoms. The van der Waals surface area contributed by atoms with Crippen LogP contribution in [0.3, 0.4) is 0 Å². The second kappa shape index (κ2) is 10.6. The van der Waals surface area contributed by atoms with Gasteiger partial charge in [0, 0.05) is 38.4 Å². The number of rotatable bonds is 8. The van der Waals surface area contributed by atoms with E-state index < -0.39 is 0 Å². The number of urea groups is 1. The lowest BCUT2D eigenvalue weighted by Crippen LogP contribution is -2.47. The van der Waals surface area contributed by atoms with Crippen molar-refractivity contribution in [3.8, 4) is 11.5 Å². The number of hydrogen-bond donors (Lipinski definition) is 2. The molecule has 1 saturated heterocycles. The smallest absolute Gasteiger partial charge is 0.319 e. The third kappa shape index (κ3) is 5.77. The molecule has 0 aromatic heterocycles. The van der Waals surface area contributed by atoms with E-state index in [-0.39, 0.29) is 6.03 Å². The molecule has 1 heterocycles. The van der Waals surface area contributed by atoms with Crippen molar-refractivity contribution in [2.75, 3.05) is 63.7 Å². The topological polar surface area (TPSA) is 66.1 Å². The molecule has 2 aromatic carbocycles. The quantitative estimate of drug-likeness (QED) is 0.669. The molecule has 0 radical (unpaired) electrons. The van der Waals surface area contributed by atoms with Crippen LogP contribution in [0.4, 0.5) is 16.2 Å². The largest absolute Gasteiger partial charge is 0.493 e. The number of benzene rings is 2. The zero-order valence-corrected chi connectivity index (χ0v) is 17.2. The van der Waals surface area contributed by atoms with Crippen molar-refractivity contribution in [3.05, 3.63) is 48.5 Å². The van der Waals surface area contributed by atoms with Crippen LogP contribution >= 0.6 is 0 Å². The van der Waals surface area contributed by atoms with E-state index in [1.807, 2.05) is 12.1 Å². The van der Waals surface area contributed by atoms with Crippen LogP contribution in [0.15, 0.2) is 48.5 Å². The van der Waals surface area contributed by atoms with E-state index in [1.165, 1.54) is 5.69 Å². The number of piperazine rings is 1. The molecule has 29 heavy (non-hydrogen) atoms. The summed E-state index contributed by atoms with van der Waals surface area (Å²) >= 11 is 0. The molecule has 2 amide bonds. The Morgan fingerprint density at radius 2 is 1.72 bits per heavy atom. The van der Waals surface area contributed by atoms with Gasteiger partial charge in [0.1, 0.15) is 0 Å². The SMILES string of the molecule is COc1cccc(NC(=O)NCCCN2CCN(c3ccccc3)CC2)c1OC. The molecule has 0 atom stereocenters. The summed E-state index contributed by atoms with van der Waals surface area (Å²) in [5.41, 5.74) is 1.87. The van der Waals surface area contributed by atoms with E-state index in [1.54, 1.807) is 26.4 Å². The summed E-state index contributed by atoms with van der Waals surface area (Å²) in [5, 5.41) is 5.73. The average Bonchev–Trinajstić information content (AvgIpc) is 2.77. The minimum atomic E-state index is -0.245. The van der Waals surface area contributed by atoms with Crippen LogP contribution in [0.25, 0.3) is 0 Å². The zero-order chi connectivity index (χ0) is 20.5. The molecule has 7 nitrogen and oxygen atoms in total. The van der Waals surface area contributed by atoms with E-state index in [4.69, 9.17) is 9.47 Å². The predicted molar refractivity (Wildman–Crippen MR) is 116 cm³/mol. The van der Waals surface area contributed by atoms with Crippen molar-refractivity contribution in [1.82, 2.24) is 10.2 Å². The second-order valence-corrected chi connectivity index (χ2v) is 6.94. The van der Waals surface area contributed by atoms with Crippen LogP contribution in [0, 0.1) is 0 Å². The van der Waals surface area contributed by atoms with Gasteiger partial charge >= 0.3 is 6.03 Å². The molecule has 0 aliphatic carbocycles. The van der Waals surface area contributed by atoms with Crippen molar-refractivity contribution in [1.29, 1.82) is 0 Å². The summed E-state index contributed by atoms with van der Waals surface area (Å²) in [6.45, 7) is 5.76. The van der Waals surface area contributed by atoms with Crippen LogP contribution in [0.5, 0.6) is 11.5 Å². The molecule has 1 aliphatic rings. The Kier molecular flexibility index (Phi) is 7.58. The fourth-order valence-electron chi connectivity index (χ4n) is 3.53.